The molecule has 4 N–H and O–H groups in total. The van der Waals surface area contributed by atoms with Gasteiger partial charge in [-0.25, -0.2) is 18.7 Å². The number of nitrogens with two attached hydrogens (primary N) is 1. The first-order chi connectivity index (χ1) is 13.4. The average molecular weight is 386 g/mol. The van der Waals surface area contributed by atoms with E-state index in [1.165, 1.54) is 18.5 Å². The van der Waals surface area contributed by atoms with E-state index in [1.807, 2.05) is 13.1 Å². The molecule has 0 unspecified atom stereocenters. The molecule has 1 aliphatic rings. The van der Waals surface area contributed by atoms with Gasteiger partial charge in [-0.05, 0) is 31.0 Å². The zero-order valence-corrected chi connectivity index (χ0v) is 15.3. The lowest BCUT2D eigenvalue weighted by Crippen LogP contribution is -2.52. The summed E-state index contributed by atoms with van der Waals surface area (Å²) in [7, 11) is 0. The molecule has 146 valence electrons. The van der Waals surface area contributed by atoms with Crippen molar-refractivity contribution in [3.8, 4) is 0 Å². The molecule has 0 saturated carbocycles. The van der Waals surface area contributed by atoms with Gasteiger partial charge in [-0.15, -0.1) is 0 Å². The Morgan fingerprint density at radius 1 is 1.39 bits per heavy atom. The van der Waals surface area contributed by atoms with Gasteiger partial charge >= 0.3 is 0 Å². The quantitative estimate of drug-likeness (QED) is 0.636. The molecule has 1 aromatic carbocycles. The first-order valence-corrected chi connectivity index (χ1v) is 8.93. The highest BCUT2D eigenvalue weighted by Gasteiger charge is 2.36. The third-order valence-corrected chi connectivity index (χ3v) is 5.13. The topological polar surface area (TPSA) is 99.9 Å². The van der Waals surface area contributed by atoms with Crippen LogP contribution in [-0.2, 0) is 0 Å². The number of halogens is 2. The van der Waals surface area contributed by atoms with Crippen LogP contribution in [0.2, 0.25) is 0 Å². The molecule has 0 spiro atoms. The van der Waals surface area contributed by atoms with E-state index in [9.17, 15) is 13.6 Å². The first-order valence-electron chi connectivity index (χ1n) is 8.93. The number of anilines is 1. The summed E-state index contributed by atoms with van der Waals surface area (Å²) in [5, 5.41) is 3.57. The number of nitrogens with one attached hydrogen (secondary N) is 2. The maximum absolute atomic E-state index is 13.8. The average Bonchev–Trinajstić information content (AvgIpc) is 3.26. The van der Waals surface area contributed by atoms with E-state index in [1.54, 1.807) is 0 Å². The molecule has 0 radical (unpaired) electrons. The number of aryl methyl sites for hydroxylation is 1. The molecular formula is C19H20F2N6O. The number of H-pyrrole nitrogens is 1. The molecule has 28 heavy (non-hydrogen) atoms. The van der Waals surface area contributed by atoms with Crippen molar-refractivity contribution < 1.29 is 13.6 Å². The molecule has 3 aromatic rings. The van der Waals surface area contributed by atoms with Crippen LogP contribution in [0.15, 0.2) is 30.7 Å². The molecule has 4 rings (SSSR count). The van der Waals surface area contributed by atoms with Crippen LogP contribution >= 0.6 is 0 Å². The zero-order chi connectivity index (χ0) is 19.9. The fourth-order valence-electron chi connectivity index (χ4n) is 3.59. The molecule has 3 heterocycles. The summed E-state index contributed by atoms with van der Waals surface area (Å²) < 4.78 is 27.1. The van der Waals surface area contributed by atoms with E-state index in [0.29, 0.717) is 19.5 Å². The second-order valence-corrected chi connectivity index (χ2v) is 7.21. The number of hydrogen-bond acceptors (Lipinski definition) is 5. The number of benzene rings is 1. The fraction of sp³-hybridized carbons (Fsp3) is 0.316. The summed E-state index contributed by atoms with van der Waals surface area (Å²) in [5.74, 6) is -2.12. The number of hydrogen-bond donors (Lipinski definition) is 3. The first kappa shape index (κ1) is 18.3. The third-order valence-electron chi connectivity index (χ3n) is 5.13. The summed E-state index contributed by atoms with van der Waals surface area (Å²) in [4.78, 5) is 26.0. The van der Waals surface area contributed by atoms with E-state index in [-0.39, 0.29) is 12.1 Å². The van der Waals surface area contributed by atoms with Crippen molar-refractivity contribution in [2.24, 2.45) is 5.73 Å². The van der Waals surface area contributed by atoms with E-state index in [0.717, 1.165) is 28.5 Å². The van der Waals surface area contributed by atoms with Crippen molar-refractivity contribution in [1.29, 1.82) is 0 Å². The van der Waals surface area contributed by atoms with Gasteiger partial charge in [0, 0.05) is 25.8 Å². The molecule has 0 bridgehead atoms. The Labute approximate surface area is 160 Å². The van der Waals surface area contributed by atoms with Crippen LogP contribution in [-0.4, -0.2) is 46.0 Å². The second kappa shape index (κ2) is 6.83. The van der Waals surface area contributed by atoms with Crippen LogP contribution in [0.25, 0.3) is 11.0 Å². The van der Waals surface area contributed by atoms with Gasteiger partial charge in [0.1, 0.15) is 17.8 Å². The Morgan fingerprint density at radius 3 is 3.04 bits per heavy atom. The van der Waals surface area contributed by atoms with E-state index in [2.05, 4.69) is 25.2 Å². The molecule has 7 nitrogen and oxygen atoms in total. The number of carbonyl (C=O) groups excluding carboxylic acids is 1. The van der Waals surface area contributed by atoms with Crippen molar-refractivity contribution in [2.75, 3.05) is 24.5 Å². The number of fused-ring (bicyclic) bond motifs is 1. The fourth-order valence-corrected chi connectivity index (χ4v) is 3.59. The highest BCUT2D eigenvalue weighted by molar-refractivity contribution is 5.94. The summed E-state index contributed by atoms with van der Waals surface area (Å²) >= 11 is 0. The van der Waals surface area contributed by atoms with Crippen LogP contribution in [0.5, 0.6) is 0 Å². The minimum atomic E-state index is -1.16. The standard InChI is InChI=1S/C19H20F2N6O/c1-11-7-23-16-14(11)17(26-10-25-16)27-6-5-19(22,9-27)8-24-18(28)12-3-2-4-13(20)15(12)21/h2-4,7,10H,5-6,8-9,22H2,1H3,(H,24,28)(H,23,25,26)/t19-/m0/s1. The lowest BCUT2D eigenvalue weighted by Gasteiger charge is -2.25. The number of nitrogens with zero attached hydrogens (tertiary/aromatic N) is 3. The van der Waals surface area contributed by atoms with Crippen molar-refractivity contribution in [2.45, 2.75) is 18.9 Å². The molecule has 1 saturated heterocycles. The predicted octanol–water partition coefficient (Wildman–Crippen LogP) is 1.88. The van der Waals surface area contributed by atoms with Gasteiger partial charge in [0.25, 0.3) is 5.91 Å². The SMILES string of the molecule is Cc1c[nH]c2ncnc(N3CC[C@](N)(CNC(=O)c4cccc(F)c4F)C3)c12. The minimum absolute atomic E-state index is 0.138. The maximum Gasteiger partial charge on any atom is 0.254 e. The van der Waals surface area contributed by atoms with Crippen LogP contribution in [0.3, 0.4) is 0 Å². The Kier molecular flexibility index (Phi) is 4.46. The molecule has 0 aliphatic carbocycles. The van der Waals surface area contributed by atoms with Gasteiger partial charge in [0.2, 0.25) is 0 Å². The summed E-state index contributed by atoms with van der Waals surface area (Å²) in [6.45, 7) is 3.25. The monoisotopic (exact) mass is 386 g/mol. The Balaban J connectivity index is 1.47. The largest absolute Gasteiger partial charge is 0.354 e. The normalized spacial score (nSPS) is 19.4. The van der Waals surface area contributed by atoms with Gasteiger partial charge in [-0.3, -0.25) is 4.79 Å². The highest BCUT2D eigenvalue weighted by Crippen LogP contribution is 2.30. The number of aromatic amines is 1. The number of amides is 1. The predicted molar refractivity (Wildman–Crippen MR) is 101 cm³/mol. The Bertz CT molecular complexity index is 1050. The van der Waals surface area contributed by atoms with Crippen LogP contribution in [0.1, 0.15) is 22.3 Å². The van der Waals surface area contributed by atoms with E-state index in [4.69, 9.17) is 5.73 Å². The van der Waals surface area contributed by atoms with Crippen LogP contribution < -0.4 is 16.0 Å². The zero-order valence-electron chi connectivity index (χ0n) is 15.3. The van der Waals surface area contributed by atoms with Crippen LogP contribution in [0.4, 0.5) is 14.6 Å². The summed E-state index contributed by atoms with van der Waals surface area (Å²) in [6.07, 6.45) is 3.99. The van der Waals surface area contributed by atoms with Crippen molar-refractivity contribution in [1.82, 2.24) is 20.3 Å². The van der Waals surface area contributed by atoms with Gasteiger partial charge in [0.15, 0.2) is 11.6 Å². The van der Waals surface area contributed by atoms with E-state index >= 15 is 0 Å². The summed E-state index contributed by atoms with van der Waals surface area (Å²) in [6, 6.07) is 3.50. The molecule has 1 fully saturated rings. The van der Waals surface area contributed by atoms with Crippen molar-refractivity contribution >= 4 is 22.8 Å². The molecule has 9 heteroatoms. The summed E-state index contributed by atoms with van der Waals surface area (Å²) in [5.41, 5.74) is 7.21. The molecule has 1 atom stereocenters. The highest BCUT2D eigenvalue weighted by atomic mass is 19.2. The Morgan fingerprint density at radius 2 is 2.21 bits per heavy atom. The smallest absolute Gasteiger partial charge is 0.254 e. The number of aromatic nitrogens is 3. The number of rotatable bonds is 4. The maximum atomic E-state index is 13.8. The Hall–Kier alpha value is -3.07. The van der Waals surface area contributed by atoms with Gasteiger partial charge in [-0.1, -0.05) is 6.07 Å². The van der Waals surface area contributed by atoms with Crippen molar-refractivity contribution in [3.05, 3.63) is 53.5 Å². The van der Waals surface area contributed by atoms with Gasteiger partial charge in [0.05, 0.1) is 16.5 Å². The lowest BCUT2D eigenvalue weighted by atomic mass is 10.00. The molecule has 1 aliphatic heterocycles. The minimum Gasteiger partial charge on any atom is -0.354 e. The molecule has 2 aromatic heterocycles. The van der Waals surface area contributed by atoms with Crippen molar-refractivity contribution in [3.63, 3.8) is 0 Å². The number of carbonyl (C=O) groups is 1. The van der Waals surface area contributed by atoms with Gasteiger partial charge < -0.3 is 20.9 Å². The third kappa shape index (κ3) is 3.18. The molecule has 1 amide bonds. The lowest BCUT2D eigenvalue weighted by molar-refractivity contribution is 0.0940. The second-order valence-electron chi connectivity index (χ2n) is 7.21. The molecular weight excluding hydrogens is 366 g/mol. The van der Waals surface area contributed by atoms with Crippen LogP contribution in [0, 0.1) is 18.6 Å². The van der Waals surface area contributed by atoms with Gasteiger partial charge in [-0.2, -0.15) is 0 Å². The van der Waals surface area contributed by atoms with E-state index < -0.39 is 23.1 Å².